The van der Waals surface area contributed by atoms with Gasteiger partial charge in [0.15, 0.2) is 0 Å². The van der Waals surface area contributed by atoms with Crippen LogP contribution in [0.15, 0.2) is 21.5 Å². The zero-order valence-corrected chi connectivity index (χ0v) is 12.2. The van der Waals surface area contributed by atoms with E-state index in [2.05, 4.69) is 47.2 Å². The number of benzene rings is 1. The van der Waals surface area contributed by atoms with Gasteiger partial charge in [-0.05, 0) is 44.0 Å². The Hall–Kier alpha value is -0.480. The van der Waals surface area contributed by atoms with Crippen LogP contribution in [0.25, 0.3) is 0 Å². The molecule has 1 rings (SSSR count). The van der Waals surface area contributed by atoms with E-state index in [1.54, 1.807) is 11.8 Å². The summed E-state index contributed by atoms with van der Waals surface area (Å²) in [5.41, 5.74) is 2.40. The third kappa shape index (κ3) is 3.83. The molecule has 0 bridgehead atoms. The number of carbonyl (C=O) groups excluding carboxylic acids is 1. The number of aryl methyl sites for hydroxylation is 2. The lowest BCUT2D eigenvalue weighted by Crippen LogP contribution is -2.24. The first-order valence-electron chi connectivity index (χ1n) is 5.20. The van der Waals surface area contributed by atoms with Gasteiger partial charge in [0.25, 0.3) is 0 Å². The van der Waals surface area contributed by atoms with Crippen LogP contribution in [0.3, 0.4) is 0 Å². The largest absolute Gasteiger partial charge is 0.356 e. The summed E-state index contributed by atoms with van der Waals surface area (Å²) < 4.78 is 1.12. The Kier molecular flexibility index (Phi) is 5.35. The van der Waals surface area contributed by atoms with Gasteiger partial charge in [-0.15, -0.1) is 11.8 Å². The Balaban J connectivity index is 2.67. The summed E-state index contributed by atoms with van der Waals surface area (Å²) in [5.74, 6) is 0.572. The van der Waals surface area contributed by atoms with Gasteiger partial charge in [-0.1, -0.05) is 15.9 Å². The molecule has 0 aliphatic carbocycles. The predicted molar refractivity (Wildman–Crippen MR) is 73.0 cm³/mol. The fourth-order valence-corrected chi connectivity index (χ4v) is 2.69. The summed E-state index contributed by atoms with van der Waals surface area (Å²) in [5, 5.41) is 2.79. The second-order valence-corrected chi connectivity index (χ2v) is 5.48. The van der Waals surface area contributed by atoms with Crippen LogP contribution in [-0.4, -0.2) is 18.2 Å². The van der Waals surface area contributed by atoms with E-state index in [-0.39, 0.29) is 5.91 Å². The topological polar surface area (TPSA) is 29.1 Å². The molecule has 1 aromatic rings. The molecule has 2 nitrogen and oxygen atoms in total. The summed E-state index contributed by atoms with van der Waals surface area (Å²) >= 11 is 5.08. The van der Waals surface area contributed by atoms with Crippen molar-refractivity contribution in [3.05, 3.63) is 27.7 Å². The van der Waals surface area contributed by atoms with Gasteiger partial charge in [-0.3, -0.25) is 4.79 Å². The number of hydrogen-bond acceptors (Lipinski definition) is 2. The van der Waals surface area contributed by atoms with Crippen LogP contribution in [0, 0.1) is 13.8 Å². The molecule has 88 valence electrons. The lowest BCUT2D eigenvalue weighted by molar-refractivity contribution is -0.118. The van der Waals surface area contributed by atoms with Crippen molar-refractivity contribution in [2.45, 2.75) is 25.7 Å². The maximum Gasteiger partial charge on any atom is 0.230 e. The van der Waals surface area contributed by atoms with Crippen molar-refractivity contribution in [1.29, 1.82) is 0 Å². The standard InChI is InChI=1S/C12H16BrNOS/c1-4-14-12(15)7-16-11-6-8(2)10(13)5-9(11)3/h5-6H,4,7H2,1-3H3,(H,14,15). The van der Waals surface area contributed by atoms with Crippen LogP contribution in [0.2, 0.25) is 0 Å². The number of amides is 1. The monoisotopic (exact) mass is 301 g/mol. The van der Waals surface area contributed by atoms with Crippen molar-refractivity contribution < 1.29 is 4.79 Å². The molecular weight excluding hydrogens is 286 g/mol. The lowest BCUT2D eigenvalue weighted by Gasteiger charge is -2.08. The van der Waals surface area contributed by atoms with Gasteiger partial charge in [0.1, 0.15) is 0 Å². The molecule has 0 unspecified atom stereocenters. The number of rotatable bonds is 4. The highest BCUT2D eigenvalue weighted by molar-refractivity contribution is 9.10. The minimum absolute atomic E-state index is 0.0903. The fraction of sp³-hybridized carbons (Fsp3) is 0.417. The third-order valence-corrected chi connectivity index (χ3v) is 4.20. The van der Waals surface area contributed by atoms with E-state index >= 15 is 0 Å². The van der Waals surface area contributed by atoms with Crippen molar-refractivity contribution in [2.75, 3.05) is 12.3 Å². The summed E-state index contributed by atoms with van der Waals surface area (Å²) in [7, 11) is 0. The van der Waals surface area contributed by atoms with Gasteiger partial charge in [0.05, 0.1) is 5.75 Å². The summed E-state index contributed by atoms with van der Waals surface area (Å²) in [6, 6.07) is 4.21. The average Bonchev–Trinajstić information content (AvgIpc) is 2.22. The second-order valence-electron chi connectivity index (χ2n) is 3.61. The Morgan fingerprint density at radius 2 is 2.06 bits per heavy atom. The first-order valence-corrected chi connectivity index (χ1v) is 6.98. The molecule has 1 aromatic carbocycles. The fourth-order valence-electron chi connectivity index (χ4n) is 1.30. The zero-order chi connectivity index (χ0) is 12.1. The van der Waals surface area contributed by atoms with Gasteiger partial charge in [-0.2, -0.15) is 0 Å². The van der Waals surface area contributed by atoms with E-state index in [0.717, 1.165) is 4.47 Å². The molecule has 0 fully saturated rings. The summed E-state index contributed by atoms with van der Waals surface area (Å²) in [6.45, 7) is 6.74. The molecule has 0 radical (unpaired) electrons. The lowest BCUT2D eigenvalue weighted by atomic mass is 10.2. The highest BCUT2D eigenvalue weighted by atomic mass is 79.9. The molecule has 0 aliphatic rings. The Morgan fingerprint density at radius 3 is 2.69 bits per heavy atom. The third-order valence-electron chi connectivity index (χ3n) is 2.19. The highest BCUT2D eigenvalue weighted by Crippen LogP contribution is 2.28. The molecule has 0 saturated heterocycles. The quantitative estimate of drug-likeness (QED) is 0.865. The van der Waals surface area contributed by atoms with Crippen LogP contribution in [0.1, 0.15) is 18.1 Å². The van der Waals surface area contributed by atoms with Gasteiger partial charge in [0, 0.05) is 15.9 Å². The Bertz CT molecular complexity index is 393. The normalized spacial score (nSPS) is 10.2. The Labute approximate surface area is 109 Å². The van der Waals surface area contributed by atoms with Crippen molar-refractivity contribution in [1.82, 2.24) is 5.32 Å². The molecular formula is C12H16BrNOS. The first-order chi connectivity index (χ1) is 7.54. The summed E-state index contributed by atoms with van der Waals surface area (Å²) in [6.07, 6.45) is 0. The van der Waals surface area contributed by atoms with Gasteiger partial charge in [0.2, 0.25) is 5.91 Å². The van der Waals surface area contributed by atoms with E-state index in [1.807, 2.05) is 6.92 Å². The number of carbonyl (C=O) groups is 1. The van der Waals surface area contributed by atoms with Gasteiger partial charge < -0.3 is 5.32 Å². The SMILES string of the molecule is CCNC(=O)CSc1cc(C)c(Br)cc1C. The van der Waals surface area contributed by atoms with Crippen LogP contribution < -0.4 is 5.32 Å². The average molecular weight is 302 g/mol. The molecule has 1 amide bonds. The molecule has 0 saturated carbocycles. The number of halogens is 1. The van der Waals surface area contributed by atoms with E-state index in [4.69, 9.17) is 0 Å². The molecule has 1 N–H and O–H groups in total. The predicted octanol–water partition coefficient (Wildman–Crippen LogP) is 3.29. The van der Waals surface area contributed by atoms with E-state index in [0.29, 0.717) is 12.3 Å². The first kappa shape index (κ1) is 13.6. The summed E-state index contributed by atoms with van der Waals surface area (Å²) in [4.78, 5) is 12.5. The number of hydrogen-bond donors (Lipinski definition) is 1. The molecule has 4 heteroatoms. The van der Waals surface area contributed by atoms with Gasteiger partial charge in [-0.25, -0.2) is 0 Å². The molecule has 0 aliphatic heterocycles. The molecule has 0 spiro atoms. The van der Waals surface area contributed by atoms with Crippen LogP contribution in [0.4, 0.5) is 0 Å². The molecule has 0 aromatic heterocycles. The Morgan fingerprint density at radius 1 is 1.38 bits per heavy atom. The number of thioether (sulfide) groups is 1. The van der Waals surface area contributed by atoms with Crippen molar-refractivity contribution in [3.8, 4) is 0 Å². The second kappa shape index (κ2) is 6.30. The van der Waals surface area contributed by atoms with Crippen molar-refractivity contribution in [2.24, 2.45) is 0 Å². The van der Waals surface area contributed by atoms with E-state index in [9.17, 15) is 4.79 Å². The van der Waals surface area contributed by atoms with Crippen LogP contribution in [0.5, 0.6) is 0 Å². The molecule has 0 heterocycles. The van der Waals surface area contributed by atoms with Crippen molar-refractivity contribution in [3.63, 3.8) is 0 Å². The van der Waals surface area contributed by atoms with Crippen LogP contribution >= 0.6 is 27.7 Å². The molecule has 16 heavy (non-hydrogen) atoms. The highest BCUT2D eigenvalue weighted by Gasteiger charge is 2.06. The van der Waals surface area contributed by atoms with Gasteiger partial charge >= 0.3 is 0 Å². The van der Waals surface area contributed by atoms with Crippen molar-refractivity contribution >= 4 is 33.6 Å². The minimum atomic E-state index is 0.0903. The zero-order valence-electron chi connectivity index (χ0n) is 9.76. The van der Waals surface area contributed by atoms with E-state index in [1.165, 1.54) is 16.0 Å². The smallest absolute Gasteiger partial charge is 0.230 e. The molecule has 0 atom stereocenters. The van der Waals surface area contributed by atoms with Crippen LogP contribution in [-0.2, 0) is 4.79 Å². The maximum absolute atomic E-state index is 11.3. The van der Waals surface area contributed by atoms with E-state index < -0.39 is 0 Å². The number of nitrogens with one attached hydrogen (secondary N) is 1. The maximum atomic E-state index is 11.3. The minimum Gasteiger partial charge on any atom is -0.356 e.